The topological polar surface area (TPSA) is 43.1 Å². The second-order valence-electron chi connectivity index (χ2n) is 3.81. The number of amides is 1. The highest BCUT2D eigenvalue weighted by molar-refractivity contribution is 9.10. The number of carbonyl (C=O) groups excluding carboxylic acids is 1. The Balaban J connectivity index is 2.42. The molecule has 0 saturated heterocycles. The molecule has 0 unspecified atom stereocenters. The van der Waals surface area contributed by atoms with Gasteiger partial charge in [-0.25, -0.2) is 0 Å². The Morgan fingerprint density at radius 3 is 2.57 bits per heavy atom. The lowest BCUT2D eigenvalue weighted by molar-refractivity contribution is -0.126. The molecule has 1 fully saturated rings. The van der Waals surface area contributed by atoms with E-state index in [0.29, 0.717) is 0 Å². The van der Waals surface area contributed by atoms with Crippen LogP contribution in [-0.4, -0.2) is 5.91 Å². The van der Waals surface area contributed by atoms with E-state index in [-0.39, 0.29) is 11.3 Å². The van der Waals surface area contributed by atoms with Crippen LogP contribution >= 0.6 is 15.9 Å². The number of nitrogens with two attached hydrogens (primary N) is 1. The van der Waals surface area contributed by atoms with Gasteiger partial charge >= 0.3 is 0 Å². The van der Waals surface area contributed by atoms with E-state index in [0.717, 1.165) is 29.3 Å². The van der Waals surface area contributed by atoms with E-state index < -0.39 is 0 Å². The Labute approximate surface area is 91.6 Å². The zero-order valence-corrected chi connectivity index (χ0v) is 9.38. The molecule has 1 amide bonds. The van der Waals surface area contributed by atoms with Gasteiger partial charge in [-0.15, -0.1) is 0 Å². The quantitative estimate of drug-likeness (QED) is 0.864. The van der Waals surface area contributed by atoms with E-state index in [2.05, 4.69) is 15.9 Å². The average Bonchev–Trinajstić information content (AvgIpc) is 2.00. The first-order valence-electron chi connectivity index (χ1n) is 4.71. The molecule has 3 heteroatoms. The second-order valence-corrected chi connectivity index (χ2v) is 4.73. The molecule has 1 aromatic rings. The number of rotatable bonds is 2. The van der Waals surface area contributed by atoms with Crippen LogP contribution in [0.25, 0.3) is 0 Å². The van der Waals surface area contributed by atoms with E-state index in [1.165, 1.54) is 0 Å². The van der Waals surface area contributed by atoms with E-state index >= 15 is 0 Å². The largest absolute Gasteiger partial charge is 0.369 e. The fraction of sp³-hybridized carbons (Fsp3) is 0.364. The summed E-state index contributed by atoms with van der Waals surface area (Å²) in [5, 5.41) is 0. The van der Waals surface area contributed by atoms with Crippen molar-refractivity contribution in [2.24, 2.45) is 5.73 Å². The van der Waals surface area contributed by atoms with Crippen molar-refractivity contribution in [2.75, 3.05) is 0 Å². The predicted octanol–water partition coefficient (Wildman–Crippen LogP) is 2.36. The molecule has 1 saturated carbocycles. The zero-order valence-electron chi connectivity index (χ0n) is 7.79. The summed E-state index contributed by atoms with van der Waals surface area (Å²) in [6.07, 6.45) is 2.87. The van der Waals surface area contributed by atoms with Gasteiger partial charge in [0, 0.05) is 4.47 Å². The maximum absolute atomic E-state index is 11.4. The van der Waals surface area contributed by atoms with E-state index in [9.17, 15) is 4.79 Å². The second kappa shape index (κ2) is 3.39. The summed E-state index contributed by atoms with van der Waals surface area (Å²) in [5.41, 5.74) is 6.12. The fourth-order valence-electron chi connectivity index (χ4n) is 1.99. The van der Waals surface area contributed by atoms with Gasteiger partial charge in [-0.2, -0.15) is 0 Å². The number of carbonyl (C=O) groups is 1. The van der Waals surface area contributed by atoms with Gasteiger partial charge in [0.15, 0.2) is 0 Å². The summed E-state index contributed by atoms with van der Waals surface area (Å²) in [5.74, 6) is -0.193. The van der Waals surface area contributed by atoms with Crippen molar-refractivity contribution in [3.05, 3.63) is 34.3 Å². The molecule has 1 aromatic carbocycles. The summed E-state index contributed by atoms with van der Waals surface area (Å²) in [6, 6.07) is 7.87. The molecule has 0 spiro atoms. The molecule has 0 atom stereocenters. The Morgan fingerprint density at radius 1 is 1.43 bits per heavy atom. The monoisotopic (exact) mass is 253 g/mol. The highest BCUT2D eigenvalue weighted by Gasteiger charge is 2.44. The van der Waals surface area contributed by atoms with Crippen molar-refractivity contribution in [3.8, 4) is 0 Å². The summed E-state index contributed by atoms with van der Waals surface area (Å²) >= 11 is 3.40. The smallest absolute Gasteiger partial charge is 0.228 e. The minimum absolute atomic E-state index is 0.193. The van der Waals surface area contributed by atoms with Crippen molar-refractivity contribution in [2.45, 2.75) is 24.7 Å². The van der Waals surface area contributed by atoms with Crippen LogP contribution in [-0.2, 0) is 10.2 Å². The van der Waals surface area contributed by atoms with Crippen LogP contribution in [0.3, 0.4) is 0 Å². The highest BCUT2D eigenvalue weighted by Crippen LogP contribution is 2.43. The van der Waals surface area contributed by atoms with Crippen molar-refractivity contribution >= 4 is 21.8 Å². The molecule has 2 nitrogen and oxygen atoms in total. The molecule has 0 bridgehead atoms. The van der Waals surface area contributed by atoms with Crippen LogP contribution < -0.4 is 5.73 Å². The molecule has 0 heterocycles. The molecular formula is C11H12BrNO. The first kappa shape index (κ1) is 9.71. The third kappa shape index (κ3) is 1.36. The maximum Gasteiger partial charge on any atom is 0.228 e. The van der Waals surface area contributed by atoms with E-state index in [1.54, 1.807) is 0 Å². The number of primary amides is 1. The molecule has 74 valence electrons. The van der Waals surface area contributed by atoms with Crippen LogP contribution in [0.4, 0.5) is 0 Å². The predicted molar refractivity (Wildman–Crippen MR) is 58.9 cm³/mol. The first-order valence-corrected chi connectivity index (χ1v) is 5.50. The van der Waals surface area contributed by atoms with Gasteiger partial charge < -0.3 is 5.73 Å². The lowest BCUT2D eigenvalue weighted by atomic mass is 9.64. The zero-order chi connectivity index (χ0) is 10.2. The normalized spacial score (nSPS) is 18.6. The lowest BCUT2D eigenvalue weighted by Crippen LogP contribution is -2.46. The van der Waals surface area contributed by atoms with Gasteiger partial charge in [0.05, 0.1) is 5.41 Å². The third-order valence-electron chi connectivity index (χ3n) is 3.06. The molecular weight excluding hydrogens is 242 g/mol. The van der Waals surface area contributed by atoms with Crippen LogP contribution in [0.1, 0.15) is 24.8 Å². The Kier molecular flexibility index (Phi) is 2.35. The summed E-state index contributed by atoms with van der Waals surface area (Å²) < 4.78 is 1.00. The molecule has 2 N–H and O–H groups in total. The van der Waals surface area contributed by atoms with Crippen LogP contribution in [0.2, 0.25) is 0 Å². The molecule has 1 aliphatic carbocycles. The van der Waals surface area contributed by atoms with Gasteiger partial charge in [0.1, 0.15) is 0 Å². The summed E-state index contributed by atoms with van der Waals surface area (Å²) in [4.78, 5) is 11.4. The van der Waals surface area contributed by atoms with Gasteiger partial charge in [-0.3, -0.25) is 4.79 Å². The number of halogens is 1. The van der Waals surface area contributed by atoms with Crippen molar-refractivity contribution in [3.63, 3.8) is 0 Å². The van der Waals surface area contributed by atoms with Gasteiger partial charge in [0.2, 0.25) is 5.91 Å². The summed E-state index contributed by atoms with van der Waals surface area (Å²) in [6.45, 7) is 0. The minimum Gasteiger partial charge on any atom is -0.369 e. The Hall–Kier alpha value is -0.830. The molecule has 0 aromatic heterocycles. The molecule has 2 rings (SSSR count). The molecule has 0 aliphatic heterocycles. The van der Waals surface area contributed by atoms with Crippen molar-refractivity contribution < 1.29 is 4.79 Å². The Bertz CT molecular complexity index is 371. The lowest BCUT2D eigenvalue weighted by Gasteiger charge is -2.39. The molecule has 0 radical (unpaired) electrons. The molecule has 14 heavy (non-hydrogen) atoms. The van der Waals surface area contributed by atoms with E-state index in [1.807, 2.05) is 24.3 Å². The number of hydrogen-bond acceptors (Lipinski definition) is 1. The average molecular weight is 254 g/mol. The first-order chi connectivity index (χ1) is 6.65. The van der Waals surface area contributed by atoms with Crippen LogP contribution in [0, 0.1) is 0 Å². The van der Waals surface area contributed by atoms with Crippen molar-refractivity contribution in [1.29, 1.82) is 0 Å². The van der Waals surface area contributed by atoms with Crippen LogP contribution in [0.5, 0.6) is 0 Å². The summed E-state index contributed by atoms with van der Waals surface area (Å²) in [7, 11) is 0. The SMILES string of the molecule is NC(=O)C1(c2cccc(Br)c2)CCC1. The highest BCUT2D eigenvalue weighted by atomic mass is 79.9. The van der Waals surface area contributed by atoms with Crippen LogP contribution in [0.15, 0.2) is 28.7 Å². The van der Waals surface area contributed by atoms with Gasteiger partial charge in [0.25, 0.3) is 0 Å². The molecule has 1 aliphatic rings. The van der Waals surface area contributed by atoms with Gasteiger partial charge in [-0.05, 0) is 30.5 Å². The van der Waals surface area contributed by atoms with Gasteiger partial charge in [-0.1, -0.05) is 34.5 Å². The number of benzene rings is 1. The van der Waals surface area contributed by atoms with Crippen molar-refractivity contribution in [1.82, 2.24) is 0 Å². The van der Waals surface area contributed by atoms with E-state index in [4.69, 9.17) is 5.73 Å². The fourth-order valence-corrected chi connectivity index (χ4v) is 2.39. The Morgan fingerprint density at radius 2 is 2.14 bits per heavy atom. The third-order valence-corrected chi connectivity index (χ3v) is 3.55. The number of hydrogen-bond donors (Lipinski definition) is 1. The maximum atomic E-state index is 11.4. The minimum atomic E-state index is -0.385. The standard InChI is InChI=1S/C11H12BrNO/c12-9-4-1-3-8(7-9)11(10(13)14)5-2-6-11/h1,3-4,7H,2,5-6H2,(H2,13,14).